The molecule has 1 saturated heterocycles. The van der Waals surface area contributed by atoms with Crippen molar-refractivity contribution >= 4 is 5.96 Å². The van der Waals surface area contributed by atoms with Crippen LogP contribution in [0.3, 0.4) is 0 Å². The Balaban J connectivity index is 1.40. The van der Waals surface area contributed by atoms with E-state index in [0.717, 1.165) is 49.0 Å². The highest BCUT2D eigenvalue weighted by atomic mass is 16.5. The summed E-state index contributed by atoms with van der Waals surface area (Å²) in [5, 5.41) is 3.51. The third kappa shape index (κ3) is 4.08. The van der Waals surface area contributed by atoms with Crippen LogP contribution in [0, 0.1) is 5.92 Å². The summed E-state index contributed by atoms with van der Waals surface area (Å²) < 4.78 is 13.7. The van der Waals surface area contributed by atoms with Gasteiger partial charge in [0.05, 0.1) is 25.6 Å². The molecular formula is C21H29N5O2. The Labute approximate surface area is 166 Å². The lowest BCUT2D eigenvalue weighted by molar-refractivity contribution is 0.189. The van der Waals surface area contributed by atoms with E-state index in [0.29, 0.717) is 31.7 Å². The number of likely N-dealkylation sites (tertiary alicyclic amines) is 1. The largest absolute Gasteiger partial charge is 0.490 e. The van der Waals surface area contributed by atoms with Gasteiger partial charge in [0.2, 0.25) is 0 Å². The molecule has 1 fully saturated rings. The second kappa shape index (κ2) is 8.54. The van der Waals surface area contributed by atoms with Gasteiger partial charge in [0.25, 0.3) is 0 Å². The molecule has 0 saturated carbocycles. The molecule has 2 aliphatic heterocycles. The third-order valence-electron chi connectivity index (χ3n) is 5.60. The van der Waals surface area contributed by atoms with Crippen molar-refractivity contribution in [1.82, 2.24) is 19.8 Å². The van der Waals surface area contributed by atoms with Crippen LogP contribution in [-0.4, -0.2) is 53.8 Å². The first-order chi connectivity index (χ1) is 13.7. The van der Waals surface area contributed by atoms with Crippen LogP contribution in [0.15, 0.2) is 41.9 Å². The lowest BCUT2D eigenvalue weighted by Gasteiger charge is -2.39. The molecular weight excluding hydrogens is 354 g/mol. The molecule has 7 heteroatoms. The van der Waals surface area contributed by atoms with E-state index in [4.69, 9.17) is 9.47 Å². The van der Waals surface area contributed by atoms with Crippen LogP contribution in [0.4, 0.5) is 0 Å². The molecule has 2 atom stereocenters. The molecule has 7 nitrogen and oxygen atoms in total. The van der Waals surface area contributed by atoms with E-state index >= 15 is 0 Å². The molecule has 150 valence electrons. The first kappa shape index (κ1) is 18.7. The SMILES string of the molecule is CN=C(NCc1ccc2c(c1)OCCCO2)N1CCC(C)C(n2ccnc2)C1. The summed E-state index contributed by atoms with van der Waals surface area (Å²) in [6, 6.07) is 6.55. The lowest BCUT2D eigenvalue weighted by atomic mass is 9.93. The Morgan fingerprint density at radius 1 is 1.29 bits per heavy atom. The van der Waals surface area contributed by atoms with Gasteiger partial charge in [-0.3, -0.25) is 4.99 Å². The minimum Gasteiger partial charge on any atom is -0.490 e. The zero-order chi connectivity index (χ0) is 19.3. The maximum absolute atomic E-state index is 5.80. The van der Waals surface area contributed by atoms with Gasteiger partial charge in [-0.25, -0.2) is 4.98 Å². The molecule has 1 N–H and O–H groups in total. The van der Waals surface area contributed by atoms with E-state index in [9.17, 15) is 0 Å². The van der Waals surface area contributed by atoms with Gasteiger partial charge in [0, 0.05) is 45.5 Å². The number of benzene rings is 1. The number of ether oxygens (including phenoxy) is 2. The van der Waals surface area contributed by atoms with Gasteiger partial charge in [-0.2, -0.15) is 0 Å². The Kier molecular flexibility index (Phi) is 5.69. The van der Waals surface area contributed by atoms with E-state index in [1.807, 2.05) is 25.6 Å². The van der Waals surface area contributed by atoms with Gasteiger partial charge in [-0.15, -0.1) is 0 Å². The number of hydrogen-bond acceptors (Lipinski definition) is 4. The van der Waals surface area contributed by atoms with Crippen molar-refractivity contribution in [3.63, 3.8) is 0 Å². The first-order valence-corrected chi connectivity index (χ1v) is 10.1. The van der Waals surface area contributed by atoms with E-state index in [1.165, 1.54) is 0 Å². The Morgan fingerprint density at radius 3 is 2.93 bits per heavy atom. The predicted octanol–water partition coefficient (Wildman–Crippen LogP) is 2.70. The lowest BCUT2D eigenvalue weighted by Crippen LogP contribution is -2.48. The number of rotatable bonds is 3. The van der Waals surface area contributed by atoms with Crippen molar-refractivity contribution in [3.05, 3.63) is 42.5 Å². The molecule has 2 aromatic rings. The molecule has 0 amide bonds. The molecule has 1 aromatic carbocycles. The summed E-state index contributed by atoms with van der Waals surface area (Å²) in [6.07, 6.45) is 7.87. The second-order valence-electron chi connectivity index (χ2n) is 7.52. The normalized spacial score (nSPS) is 22.6. The number of fused-ring (bicyclic) bond motifs is 1. The number of piperidine rings is 1. The number of imidazole rings is 1. The number of aromatic nitrogens is 2. The van der Waals surface area contributed by atoms with Crippen LogP contribution in [0.5, 0.6) is 11.5 Å². The fourth-order valence-corrected chi connectivity index (χ4v) is 3.93. The fraction of sp³-hybridized carbons (Fsp3) is 0.524. The van der Waals surface area contributed by atoms with Gasteiger partial charge in [0.1, 0.15) is 0 Å². The van der Waals surface area contributed by atoms with Crippen molar-refractivity contribution in [2.24, 2.45) is 10.9 Å². The third-order valence-corrected chi connectivity index (χ3v) is 5.60. The molecule has 2 aliphatic rings. The fourth-order valence-electron chi connectivity index (χ4n) is 3.93. The van der Waals surface area contributed by atoms with Crippen LogP contribution < -0.4 is 14.8 Å². The van der Waals surface area contributed by atoms with Crippen LogP contribution >= 0.6 is 0 Å². The Hall–Kier alpha value is -2.70. The maximum Gasteiger partial charge on any atom is 0.193 e. The molecule has 28 heavy (non-hydrogen) atoms. The molecule has 4 rings (SSSR count). The number of aliphatic imine (C=N–C) groups is 1. The smallest absolute Gasteiger partial charge is 0.193 e. The monoisotopic (exact) mass is 383 g/mol. The Bertz CT molecular complexity index is 805. The molecule has 1 aromatic heterocycles. The summed E-state index contributed by atoms with van der Waals surface area (Å²) in [5.74, 6) is 3.21. The van der Waals surface area contributed by atoms with Crippen LogP contribution in [0.2, 0.25) is 0 Å². The zero-order valence-electron chi connectivity index (χ0n) is 16.7. The minimum absolute atomic E-state index is 0.410. The first-order valence-electron chi connectivity index (χ1n) is 10.1. The highest BCUT2D eigenvalue weighted by molar-refractivity contribution is 5.80. The molecule has 2 unspecified atom stereocenters. The molecule has 0 radical (unpaired) electrons. The summed E-state index contributed by atoms with van der Waals surface area (Å²) in [7, 11) is 1.85. The predicted molar refractivity (Wildman–Crippen MR) is 109 cm³/mol. The second-order valence-corrected chi connectivity index (χ2v) is 7.52. The van der Waals surface area contributed by atoms with E-state index < -0.39 is 0 Å². The van der Waals surface area contributed by atoms with Crippen molar-refractivity contribution in [3.8, 4) is 11.5 Å². The maximum atomic E-state index is 5.80. The highest BCUT2D eigenvalue weighted by Crippen LogP contribution is 2.30. The summed E-state index contributed by atoms with van der Waals surface area (Å²) >= 11 is 0. The zero-order valence-corrected chi connectivity index (χ0v) is 16.7. The molecule has 0 spiro atoms. The van der Waals surface area contributed by atoms with Crippen LogP contribution in [0.25, 0.3) is 0 Å². The van der Waals surface area contributed by atoms with Crippen molar-refractivity contribution in [2.75, 3.05) is 33.4 Å². The number of guanidine groups is 1. The van der Waals surface area contributed by atoms with E-state index in [1.54, 1.807) is 0 Å². The average molecular weight is 383 g/mol. The van der Waals surface area contributed by atoms with Crippen molar-refractivity contribution in [1.29, 1.82) is 0 Å². The van der Waals surface area contributed by atoms with Crippen LogP contribution in [-0.2, 0) is 6.54 Å². The number of nitrogens with zero attached hydrogens (tertiary/aromatic N) is 4. The molecule has 3 heterocycles. The van der Waals surface area contributed by atoms with Crippen molar-refractivity contribution in [2.45, 2.75) is 32.4 Å². The van der Waals surface area contributed by atoms with Gasteiger partial charge in [0.15, 0.2) is 17.5 Å². The quantitative estimate of drug-likeness (QED) is 0.652. The van der Waals surface area contributed by atoms with Gasteiger partial charge >= 0.3 is 0 Å². The highest BCUT2D eigenvalue weighted by Gasteiger charge is 2.28. The summed E-state index contributed by atoms with van der Waals surface area (Å²) in [6.45, 7) is 6.36. The van der Waals surface area contributed by atoms with Gasteiger partial charge in [-0.05, 0) is 30.0 Å². The number of nitrogens with one attached hydrogen (secondary N) is 1. The summed E-state index contributed by atoms with van der Waals surface area (Å²) in [4.78, 5) is 11.1. The van der Waals surface area contributed by atoms with Crippen molar-refractivity contribution < 1.29 is 9.47 Å². The average Bonchev–Trinajstić information content (AvgIpc) is 3.15. The van der Waals surface area contributed by atoms with E-state index in [-0.39, 0.29) is 0 Å². The van der Waals surface area contributed by atoms with Gasteiger partial charge < -0.3 is 24.3 Å². The van der Waals surface area contributed by atoms with Crippen LogP contribution in [0.1, 0.15) is 31.4 Å². The Morgan fingerprint density at radius 2 is 2.14 bits per heavy atom. The van der Waals surface area contributed by atoms with E-state index in [2.05, 4.69) is 50.0 Å². The minimum atomic E-state index is 0.410. The topological polar surface area (TPSA) is 63.9 Å². The summed E-state index contributed by atoms with van der Waals surface area (Å²) in [5.41, 5.74) is 1.15. The number of hydrogen-bond donors (Lipinski definition) is 1. The van der Waals surface area contributed by atoms with Gasteiger partial charge in [-0.1, -0.05) is 13.0 Å². The molecule has 0 aliphatic carbocycles. The standard InChI is InChI=1S/C21H29N5O2/c1-16-6-8-25(14-18(16)26-9-7-23-15-26)21(22-2)24-13-17-4-5-19-20(12-17)28-11-3-10-27-19/h4-5,7,9,12,15-16,18H,3,6,8,10-11,13-14H2,1-2H3,(H,22,24). The molecule has 0 bridgehead atoms.